The molecule has 2 aromatic rings. The Morgan fingerprint density at radius 3 is 3.24 bits per heavy atom. The molecule has 0 saturated heterocycles. The van der Waals surface area contributed by atoms with Gasteiger partial charge in [-0.2, -0.15) is 0 Å². The Hall–Kier alpha value is -1.59. The highest BCUT2D eigenvalue weighted by Gasteiger charge is 2.04. The van der Waals surface area contributed by atoms with E-state index in [1.54, 1.807) is 12.1 Å². The van der Waals surface area contributed by atoms with E-state index >= 15 is 0 Å². The van der Waals surface area contributed by atoms with E-state index < -0.39 is 0 Å². The van der Waals surface area contributed by atoms with Crippen molar-refractivity contribution in [3.8, 4) is 0 Å². The predicted octanol–water partition coefficient (Wildman–Crippen LogP) is 1.25. The lowest BCUT2D eigenvalue weighted by Gasteiger charge is -2.00. The SMILES string of the molecule is COCC(=O)NCc1cn2ccc(Cl)cc2n1. The number of fused-ring (bicyclic) bond motifs is 1. The number of imidazole rings is 1. The van der Waals surface area contributed by atoms with Gasteiger partial charge in [-0.05, 0) is 12.1 Å². The summed E-state index contributed by atoms with van der Waals surface area (Å²) in [6, 6.07) is 3.55. The van der Waals surface area contributed by atoms with Crippen LogP contribution < -0.4 is 5.32 Å². The molecule has 2 aromatic heterocycles. The molecule has 1 N–H and O–H groups in total. The summed E-state index contributed by atoms with van der Waals surface area (Å²) in [5, 5.41) is 3.34. The first-order chi connectivity index (χ1) is 8.19. The molecule has 0 fully saturated rings. The third kappa shape index (κ3) is 2.95. The fourth-order valence-electron chi connectivity index (χ4n) is 1.47. The molecule has 0 aliphatic heterocycles. The van der Waals surface area contributed by atoms with Gasteiger partial charge in [0.2, 0.25) is 5.91 Å². The molecule has 17 heavy (non-hydrogen) atoms. The number of ether oxygens (including phenoxy) is 1. The Kier molecular flexibility index (Phi) is 3.61. The van der Waals surface area contributed by atoms with Gasteiger partial charge >= 0.3 is 0 Å². The molecule has 0 aliphatic rings. The summed E-state index contributed by atoms with van der Waals surface area (Å²) >= 11 is 5.86. The molecule has 0 spiro atoms. The average molecular weight is 254 g/mol. The van der Waals surface area contributed by atoms with Gasteiger partial charge in [0.15, 0.2) is 0 Å². The quantitative estimate of drug-likeness (QED) is 0.892. The summed E-state index contributed by atoms with van der Waals surface area (Å²) in [6.45, 7) is 0.431. The molecule has 2 heterocycles. The molecular weight excluding hydrogens is 242 g/mol. The van der Waals surface area contributed by atoms with Crippen LogP contribution in [0.5, 0.6) is 0 Å². The van der Waals surface area contributed by atoms with Gasteiger partial charge in [0.1, 0.15) is 12.3 Å². The van der Waals surface area contributed by atoms with Crippen molar-refractivity contribution >= 4 is 23.2 Å². The minimum absolute atomic E-state index is 0.0548. The first-order valence-corrected chi connectivity index (χ1v) is 5.45. The highest BCUT2D eigenvalue weighted by Crippen LogP contribution is 2.12. The van der Waals surface area contributed by atoms with Crippen molar-refractivity contribution in [3.63, 3.8) is 0 Å². The fraction of sp³-hybridized carbons (Fsp3) is 0.273. The molecular formula is C11H12ClN3O2. The second-order valence-corrected chi connectivity index (χ2v) is 3.99. The molecule has 2 rings (SSSR count). The zero-order chi connectivity index (χ0) is 12.3. The second kappa shape index (κ2) is 5.16. The molecule has 5 nitrogen and oxygen atoms in total. The summed E-state index contributed by atoms with van der Waals surface area (Å²) in [5.74, 6) is -0.164. The summed E-state index contributed by atoms with van der Waals surface area (Å²) in [5.41, 5.74) is 1.53. The smallest absolute Gasteiger partial charge is 0.246 e. The molecule has 0 bridgehead atoms. The van der Waals surface area contributed by atoms with E-state index in [-0.39, 0.29) is 12.5 Å². The highest BCUT2D eigenvalue weighted by atomic mass is 35.5. The van der Waals surface area contributed by atoms with Gasteiger partial charge in [-0.1, -0.05) is 11.6 Å². The number of hydrogen-bond donors (Lipinski definition) is 1. The lowest BCUT2D eigenvalue weighted by molar-refractivity contribution is -0.124. The van der Waals surface area contributed by atoms with Crippen molar-refractivity contribution in [3.05, 3.63) is 35.2 Å². The Morgan fingerprint density at radius 1 is 1.65 bits per heavy atom. The minimum Gasteiger partial charge on any atom is -0.375 e. The molecule has 0 unspecified atom stereocenters. The zero-order valence-electron chi connectivity index (χ0n) is 9.31. The number of rotatable bonds is 4. The van der Waals surface area contributed by atoms with Crippen LogP contribution >= 0.6 is 11.6 Å². The van der Waals surface area contributed by atoms with Gasteiger partial charge < -0.3 is 14.5 Å². The summed E-state index contributed by atoms with van der Waals surface area (Å²) in [6.07, 6.45) is 3.67. The van der Waals surface area contributed by atoms with Crippen molar-refractivity contribution in [1.29, 1.82) is 0 Å². The molecule has 6 heteroatoms. The molecule has 90 valence electrons. The van der Waals surface area contributed by atoms with Crippen LogP contribution in [0.25, 0.3) is 5.65 Å². The van der Waals surface area contributed by atoms with Gasteiger partial charge in [-0.25, -0.2) is 4.98 Å². The molecule has 1 amide bonds. The number of pyridine rings is 1. The van der Waals surface area contributed by atoms with Crippen LogP contribution in [0.1, 0.15) is 5.69 Å². The number of carbonyl (C=O) groups is 1. The number of aromatic nitrogens is 2. The number of nitrogens with one attached hydrogen (secondary N) is 1. The Labute approximate surface area is 103 Å². The molecule has 0 aromatic carbocycles. The number of amides is 1. The number of halogens is 1. The number of methoxy groups -OCH3 is 1. The maximum absolute atomic E-state index is 11.2. The lowest BCUT2D eigenvalue weighted by Crippen LogP contribution is -2.26. The summed E-state index contributed by atoms with van der Waals surface area (Å²) in [7, 11) is 1.48. The molecule has 0 aliphatic carbocycles. The largest absolute Gasteiger partial charge is 0.375 e. The Bertz CT molecular complexity index is 538. The molecule has 0 saturated carbocycles. The van der Waals surface area contributed by atoms with Crippen LogP contribution in [0, 0.1) is 0 Å². The van der Waals surface area contributed by atoms with Gasteiger partial charge in [-0.3, -0.25) is 4.79 Å². The number of hydrogen-bond acceptors (Lipinski definition) is 3. The predicted molar refractivity (Wildman–Crippen MR) is 63.9 cm³/mol. The monoisotopic (exact) mass is 253 g/mol. The molecule has 0 atom stereocenters. The standard InChI is InChI=1S/C11H12ClN3O2/c1-17-7-11(16)13-5-9-6-15-3-2-8(12)4-10(15)14-9/h2-4,6H,5,7H2,1H3,(H,13,16). The molecule has 0 radical (unpaired) electrons. The second-order valence-electron chi connectivity index (χ2n) is 3.55. The van der Waals surface area contributed by atoms with Crippen LogP contribution in [0.3, 0.4) is 0 Å². The number of carbonyl (C=O) groups excluding carboxylic acids is 1. The normalized spacial score (nSPS) is 10.7. The van der Waals surface area contributed by atoms with Crippen molar-refractivity contribution < 1.29 is 9.53 Å². The van der Waals surface area contributed by atoms with E-state index in [2.05, 4.69) is 10.3 Å². The van der Waals surface area contributed by atoms with Gasteiger partial charge in [-0.15, -0.1) is 0 Å². The van der Waals surface area contributed by atoms with Crippen molar-refractivity contribution in [2.45, 2.75) is 6.54 Å². The third-order valence-corrected chi connectivity index (χ3v) is 2.45. The maximum atomic E-state index is 11.2. The maximum Gasteiger partial charge on any atom is 0.246 e. The number of nitrogens with zero attached hydrogens (tertiary/aromatic N) is 2. The topological polar surface area (TPSA) is 55.6 Å². The highest BCUT2D eigenvalue weighted by molar-refractivity contribution is 6.30. The Balaban J connectivity index is 2.07. The van der Waals surface area contributed by atoms with Crippen LogP contribution in [-0.2, 0) is 16.1 Å². The van der Waals surface area contributed by atoms with Crippen LogP contribution in [0.15, 0.2) is 24.5 Å². The van der Waals surface area contributed by atoms with Crippen molar-refractivity contribution in [1.82, 2.24) is 14.7 Å². The first kappa shape index (κ1) is 11.9. The Morgan fingerprint density at radius 2 is 2.47 bits per heavy atom. The van der Waals surface area contributed by atoms with Crippen LogP contribution in [0.4, 0.5) is 0 Å². The van der Waals surface area contributed by atoms with E-state index in [0.29, 0.717) is 11.6 Å². The summed E-state index contributed by atoms with van der Waals surface area (Å²) in [4.78, 5) is 15.5. The van der Waals surface area contributed by atoms with Gasteiger partial charge in [0.25, 0.3) is 0 Å². The fourth-order valence-corrected chi connectivity index (χ4v) is 1.62. The van der Waals surface area contributed by atoms with E-state index in [1.165, 1.54) is 7.11 Å². The third-order valence-electron chi connectivity index (χ3n) is 2.21. The van der Waals surface area contributed by atoms with E-state index in [4.69, 9.17) is 16.3 Å². The van der Waals surface area contributed by atoms with E-state index in [1.807, 2.05) is 16.8 Å². The van der Waals surface area contributed by atoms with Crippen LogP contribution in [0.2, 0.25) is 5.02 Å². The summed E-state index contributed by atoms with van der Waals surface area (Å²) < 4.78 is 6.56. The lowest BCUT2D eigenvalue weighted by atomic mass is 10.4. The van der Waals surface area contributed by atoms with Gasteiger partial charge in [0, 0.05) is 24.5 Å². The van der Waals surface area contributed by atoms with Crippen LogP contribution in [-0.4, -0.2) is 29.0 Å². The van der Waals surface area contributed by atoms with E-state index in [9.17, 15) is 4.79 Å². The van der Waals surface area contributed by atoms with Crippen molar-refractivity contribution in [2.75, 3.05) is 13.7 Å². The first-order valence-electron chi connectivity index (χ1n) is 5.08. The minimum atomic E-state index is -0.164. The van der Waals surface area contributed by atoms with Crippen molar-refractivity contribution in [2.24, 2.45) is 0 Å². The van der Waals surface area contributed by atoms with E-state index in [0.717, 1.165) is 11.3 Å². The van der Waals surface area contributed by atoms with Gasteiger partial charge in [0.05, 0.1) is 12.2 Å². The zero-order valence-corrected chi connectivity index (χ0v) is 10.1. The average Bonchev–Trinajstić information content (AvgIpc) is 2.68.